The van der Waals surface area contributed by atoms with Gasteiger partial charge < -0.3 is 20.1 Å². The lowest BCUT2D eigenvalue weighted by Gasteiger charge is -2.37. The lowest BCUT2D eigenvalue weighted by molar-refractivity contribution is 0.0574. The summed E-state index contributed by atoms with van der Waals surface area (Å²) in [6, 6.07) is 8.09. The molecule has 0 unspecified atom stereocenters. The van der Waals surface area contributed by atoms with Crippen LogP contribution in [0.5, 0.6) is 5.75 Å². The highest BCUT2D eigenvalue weighted by Gasteiger charge is 2.39. The molecule has 0 radical (unpaired) electrons. The summed E-state index contributed by atoms with van der Waals surface area (Å²) < 4.78 is 10.0. The summed E-state index contributed by atoms with van der Waals surface area (Å²) in [7, 11) is 1.63. The first kappa shape index (κ1) is 18.5. The SMILES string of the molecule is COc1ccc(C(=O)N(C2CCC(CCOC(N)=O)CC2)C2CC2)cc1. The van der Waals surface area contributed by atoms with Gasteiger partial charge in [-0.3, -0.25) is 4.79 Å². The Hall–Kier alpha value is -2.24. The number of rotatable bonds is 7. The molecule has 0 saturated heterocycles. The van der Waals surface area contributed by atoms with Crippen molar-refractivity contribution in [3.8, 4) is 5.75 Å². The van der Waals surface area contributed by atoms with Gasteiger partial charge in [0.1, 0.15) is 5.75 Å². The van der Waals surface area contributed by atoms with Crippen LogP contribution in [0.4, 0.5) is 4.79 Å². The number of hydrogen-bond donors (Lipinski definition) is 1. The molecule has 0 spiro atoms. The minimum absolute atomic E-state index is 0.135. The van der Waals surface area contributed by atoms with Gasteiger partial charge in [0, 0.05) is 17.6 Å². The quantitative estimate of drug-likeness (QED) is 0.808. The predicted octanol–water partition coefficient (Wildman–Crippen LogP) is 3.34. The molecule has 2 amide bonds. The average Bonchev–Trinajstić information content (AvgIpc) is 3.48. The van der Waals surface area contributed by atoms with E-state index in [1.807, 2.05) is 24.3 Å². The minimum Gasteiger partial charge on any atom is -0.497 e. The molecule has 0 aromatic heterocycles. The van der Waals surface area contributed by atoms with E-state index in [1.165, 1.54) is 0 Å². The third-order valence-electron chi connectivity index (χ3n) is 5.49. The molecule has 2 N–H and O–H groups in total. The number of amides is 2. The third-order valence-corrected chi connectivity index (χ3v) is 5.49. The topological polar surface area (TPSA) is 81.9 Å². The van der Waals surface area contributed by atoms with Crippen LogP contribution in [-0.2, 0) is 4.74 Å². The number of benzene rings is 1. The molecular weight excluding hydrogens is 332 g/mol. The van der Waals surface area contributed by atoms with Crippen molar-refractivity contribution in [3.63, 3.8) is 0 Å². The van der Waals surface area contributed by atoms with Crippen LogP contribution in [0.25, 0.3) is 0 Å². The smallest absolute Gasteiger partial charge is 0.404 e. The number of primary amides is 1. The summed E-state index contributed by atoms with van der Waals surface area (Å²) in [5, 5.41) is 0. The summed E-state index contributed by atoms with van der Waals surface area (Å²) in [4.78, 5) is 25.9. The monoisotopic (exact) mass is 360 g/mol. The Kier molecular flexibility index (Phi) is 6.01. The van der Waals surface area contributed by atoms with Gasteiger partial charge in [-0.05, 0) is 75.1 Å². The zero-order valence-corrected chi connectivity index (χ0v) is 15.4. The Morgan fingerprint density at radius 1 is 1.04 bits per heavy atom. The van der Waals surface area contributed by atoms with E-state index >= 15 is 0 Å². The third kappa shape index (κ3) is 4.68. The van der Waals surface area contributed by atoms with Crippen molar-refractivity contribution in [3.05, 3.63) is 29.8 Å². The highest BCUT2D eigenvalue weighted by molar-refractivity contribution is 5.95. The second-order valence-corrected chi connectivity index (χ2v) is 7.30. The van der Waals surface area contributed by atoms with Crippen molar-refractivity contribution in [2.75, 3.05) is 13.7 Å². The number of ether oxygens (including phenoxy) is 2. The zero-order valence-electron chi connectivity index (χ0n) is 15.4. The number of nitrogens with two attached hydrogens (primary N) is 1. The number of methoxy groups -OCH3 is 1. The van der Waals surface area contributed by atoms with Gasteiger partial charge in [-0.15, -0.1) is 0 Å². The highest BCUT2D eigenvalue weighted by atomic mass is 16.5. The molecule has 0 aliphatic heterocycles. The molecule has 3 rings (SSSR count). The molecule has 0 bridgehead atoms. The molecule has 6 nitrogen and oxygen atoms in total. The van der Waals surface area contributed by atoms with Gasteiger partial charge in [0.15, 0.2) is 0 Å². The van der Waals surface area contributed by atoms with E-state index in [4.69, 9.17) is 15.2 Å². The van der Waals surface area contributed by atoms with E-state index in [0.29, 0.717) is 24.6 Å². The molecule has 0 heterocycles. The van der Waals surface area contributed by atoms with Gasteiger partial charge >= 0.3 is 6.09 Å². The molecule has 6 heteroatoms. The van der Waals surface area contributed by atoms with Crippen LogP contribution < -0.4 is 10.5 Å². The van der Waals surface area contributed by atoms with E-state index in [0.717, 1.165) is 56.3 Å². The Morgan fingerprint density at radius 2 is 1.62 bits per heavy atom. The second-order valence-electron chi connectivity index (χ2n) is 7.30. The van der Waals surface area contributed by atoms with Gasteiger partial charge in [0.05, 0.1) is 13.7 Å². The molecule has 0 atom stereocenters. The number of nitrogens with zero attached hydrogens (tertiary/aromatic N) is 1. The van der Waals surface area contributed by atoms with Crippen LogP contribution in [0.3, 0.4) is 0 Å². The maximum Gasteiger partial charge on any atom is 0.404 e. The Bertz CT molecular complexity index is 619. The van der Waals surface area contributed by atoms with E-state index in [9.17, 15) is 9.59 Å². The summed E-state index contributed by atoms with van der Waals surface area (Å²) in [5.74, 6) is 1.44. The van der Waals surface area contributed by atoms with Crippen molar-refractivity contribution in [2.45, 2.75) is 57.0 Å². The van der Waals surface area contributed by atoms with Crippen molar-refractivity contribution in [1.82, 2.24) is 4.90 Å². The molecule has 2 fully saturated rings. The Labute approximate surface area is 154 Å². The van der Waals surface area contributed by atoms with E-state index in [-0.39, 0.29) is 5.91 Å². The molecule has 2 saturated carbocycles. The Morgan fingerprint density at radius 3 is 2.12 bits per heavy atom. The minimum atomic E-state index is -0.705. The molecule has 1 aromatic carbocycles. The maximum absolute atomic E-state index is 13.1. The molecule has 142 valence electrons. The van der Waals surface area contributed by atoms with Crippen molar-refractivity contribution in [1.29, 1.82) is 0 Å². The molecular formula is C20H28N2O4. The number of carbonyl (C=O) groups excluding carboxylic acids is 2. The van der Waals surface area contributed by atoms with Crippen LogP contribution in [0, 0.1) is 5.92 Å². The van der Waals surface area contributed by atoms with Crippen LogP contribution in [0.1, 0.15) is 55.3 Å². The maximum atomic E-state index is 13.1. The zero-order chi connectivity index (χ0) is 18.5. The summed E-state index contributed by atoms with van der Waals surface area (Å²) in [5.41, 5.74) is 5.73. The fraction of sp³-hybridized carbons (Fsp3) is 0.600. The lowest BCUT2D eigenvalue weighted by atomic mass is 9.83. The van der Waals surface area contributed by atoms with Crippen molar-refractivity contribution >= 4 is 12.0 Å². The van der Waals surface area contributed by atoms with Crippen molar-refractivity contribution < 1.29 is 19.1 Å². The van der Waals surface area contributed by atoms with E-state index < -0.39 is 6.09 Å². The van der Waals surface area contributed by atoms with Crippen molar-refractivity contribution in [2.24, 2.45) is 11.7 Å². The molecule has 1 aromatic rings. The lowest BCUT2D eigenvalue weighted by Crippen LogP contribution is -2.44. The second kappa shape index (κ2) is 8.43. The van der Waals surface area contributed by atoms with Crippen LogP contribution >= 0.6 is 0 Å². The summed E-state index contributed by atoms with van der Waals surface area (Å²) in [6.07, 6.45) is 6.51. The van der Waals surface area contributed by atoms with Gasteiger partial charge in [-0.2, -0.15) is 0 Å². The molecule has 26 heavy (non-hydrogen) atoms. The van der Waals surface area contributed by atoms with Crippen LogP contribution in [0.15, 0.2) is 24.3 Å². The number of carbonyl (C=O) groups is 2. The van der Waals surface area contributed by atoms with Crippen LogP contribution in [0.2, 0.25) is 0 Å². The van der Waals surface area contributed by atoms with Gasteiger partial charge in [0.25, 0.3) is 5.91 Å². The first-order chi connectivity index (χ1) is 12.6. The molecule has 2 aliphatic carbocycles. The van der Waals surface area contributed by atoms with Gasteiger partial charge in [0.2, 0.25) is 0 Å². The van der Waals surface area contributed by atoms with Crippen LogP contribution in [-0.4, -0.2) is 42.7 Å². The van der Waals surface area contributed by atoms with Gasteiger partial charge in [-0.25, -0.2) is 4.79 Å². The summed E-state index contributed by atoms with van der Waals surface area (Å²) >= 11 is 0. The standard InChI is InChI=1S/C20H28N2O4/c1-25-18-10-4-15(5-11-18)19(23)22(17-8-9-17)16-6-2-14(3-7-16)12-13-26-20(21)24/h4-5,10-11,14,16-17H,2-3,6-9,12-13H2,1H3,(H2,21,24). The average molecular weight is 360 g/mol. The highest BCUT2D eigenvalue weighted by Crippen LogP contribution is 2.37. The fourth-order valence-electron chi connectivity index (χ4n) is 3.90. The van der Waals surface area contributed by atoms with E-state index in [1.54, 1.807) is 7.11 Å². The normalized spacial score (nSPS) is 22.5. The largest absolute Gasteiger partial charge is 0.497 e. The summed E-state index contributed by atoms with van der Waals surface area (Å²) in [6.45, 7) is 0.391. The fourth-order valence-corrected chi connectivity index (χ4v) is 3.90. The number of hydrogen-bond acceptors (Lipinski definition) is 4. The van der Waals surface area contributed by atoms with E-state index in [2.05, 4.69) is 4.90 Å². The first-order valence-corrected chi connectivity index (χ1v) is 9.47. The van der Waals surface area contributed by atoms with Gasteiger partial charge in [-0.1, -0.05) is 0 Å². The molecule has 2 aliphatic rings. The predicted molar refractivity (Wildman–Crippen MR) is 98.1 cm³/mol. The first-order valence-electron chi connectivity index (χ1n) is 9.47. The Balaban J connectivity index is 1.57.